The van der Waals surface area contributed by atoms with Crippen molar-refractivity contribution in [3.05, 3.63) is 57.5 Å². The number of aliphatic hydroxyl groups excluding tert-OH is 1. The largest absolute Gasteiger partial charge is 0.416 e. The first-order valence-electron chi connectivity index (χ1n) is 5.96. The summed E-state index contributed by atoms with van der Waals surface area (Å²) in [6.07, 6.45) is -2.63. The van der Waals surface area contributed by atoms with E-state index in [1.165, 1.54) is 23.0 Å². The second-order valence-corrected chi connectivity index (χ2v) is 4.36. The van der Waals surface area contributed by atoms with E-state index in [0.29, 0.717) is 11.1 Å². The molecule has 0 saturated heterocycles. The second-order valence-electron chi connectivity index (χ2n) is 4.36. The third-order valence-corrected chi connectivity index (χ3v) is 2.92. The standard InChI is InChI=1S/C13H13F3N2O2/c14-13(15,16)11-3-1-9(2-4-11)8-18-12(20)10(5-6-19)7-17-18/h1-4,7,17,19H,5-6,8H2. The molecule has 0 atom stereocenters. The Balaban J connectivity index is 2.16. The highest BCUT2D eigenvalue weighted by Crippen LogP contribution is 2.29. The average Bonchev–Trinajstić information content (AvgIpc) is 2.72. The first kappa shape index (κ1) is 14.4. The van der Waals surface area contributed by atoms with Gasteiger partial charge in [-0.05, 0) is 17.7 Å². The van der Waals surface area contributed by atoms with Gasteiger partial charge in [-0.15, -0.1) is 0 Å². The zero-order valence-corrected chi connectivity index (χ0v) is 10.4. The summed E-state index contributed by atoms with van der Waals surface area (Å²) in [5, 5.41) is 11.5. The van der Waals surface area contributed by atoms with E-state index in [-0.39, 0.29) is 25.1 Å². The number of hydrogen-bond donors (Lipinski definition) is 2. The summed E-state index contributed by atoms with van der Waals surface area (Å²) < 4.78 is 38.5. The molecular weight excluding hydrogens is 273 g/mol. The van der Waals surface area contributed by atoms with Crippen LogP contribution in [-0.4, -0.2) is 21.5 Å². The topological polar surface area (TPSA) is 58.0 Å². The van der Waals surface area contributed by atoms with E-state index in [2.05, 4.69) is 5.10 Å². The number of alkyl halides is 3. The number of aliphatic hydroxyl groups is 1. The molecule has 0 saturated carbocycles. The van der Waals surface area contributed by atoms with Crippen molar-refractivity contribution in [1.82, 2.24) is 9.78 Å². The molecule has 4 nitrogen and oxygen atoms in total. The van der Waals surface area contributed by atoms with Gasteiger partial charge in [-0.25, -0.2) is 4.68 Å². The van der Waals surface area contributed by atoms with Crippen molar-refractivity contribution >= 4 is 0 Å². The number of nitrogens with zero attached hydrogens (tertiary/aromatic N) is 1. The third-order valence-electron chi connectivity index (χ3n) is 2.92. The molecule has 1 aromatic heterocycles. The van der Waals surface area contributed by atoms with Crippen molar-refractivity contribution in [3.8, 4) is 0 Å². The third kappa shape index (κ3) is 3.11. The zero-order chi connectivity index (χ0) is 14.8. The quantitative estimate of drug-likeness (QED) is 0.900. The van der Waals surface area contributed by atoms with Gasteiger partial charge in [0.1, 0.15) is 0 Å². The molecule has 0 radical (unpaired) electrons. The minimum atomic E-state index is -4.36. The van der Waals surface area contributed by atoms with Crippen LogP contribution >= 0.6 is 0 Å². The van der Waals surface area contributed by atoms with Gasteiger partial charge in [0.25, 0.3) is 5.56 Å². The van der Waals surface area contributed by atoms with Crippen LogP contribution in [0.1, 0.15) is 16.7 Å². The number of benzene rings is 1. The summed E-state index contributed by atoms with van der Waals surface area (Å²) in [7, 11) is 0. The Labute approximate surface area is 112 Å². The Morgan fingerprint density at radius 1 is 1.20 bits per heavy atom. The Kier molecular flexibility index (Phi) is 3.99. The molecule has 2 rings (SSSR count). The van der Waals surface area contributed by atoms with Gasteiger partial charge in [-0.3, -0.25) is 4.79 Å². The zero-order valence-electron chi connectivity index (χ0n) is 10.4. The normalized spacial score (nSPS) is 11.8. The number of aromatic nitrogens is 2. The first-order chi connectivity index (χ1) is 9.41. The van der Waals surface area contributed by atoms with Crippen LogP contribution in [-0.2, 0) is 19.1 Å². The van der Waals surface area contributed by atoms with Crippen LogP contribution in [0.5, 0.6) is 0 Å². The summed E-state index contributed by atoms with van der Waals surface area (Å²) in [4.78, 5) is 11.8. The fraction of sp³-hybridized carbons (Fsp3) is 0.308. The maximum atomic E-state index is 12.4. The Hall–Kier alpha value is -2.02. The summed E-state index contributed by atoms with van der Waals surface area (Å²) >= 11 is 0. The van der Waals surface area contributed by atoms with Crippen LogP contribution in [0, 0.1) is 0 Å². The molecule has 0 fully saturated rings. The molecule has 2 aromatic rings. The summed E-state index contributed by atoms with van der Waals surface area (Å²) in [6.45, 7) is 0.0236. The SMILES string of the molecule is O=c1c(CCO)c[nH]n1Cc1ccc(C(F)(F)F)cc1. The molecule has 0 spiro atoms. The van der Waals surface area contributed by atoms with Gasteiger partial charge in [-0.2, -0.15) is 13.2 Å². The Morgan fingerprint density at radius 2 is 1.85 bits per heavy atom. The van der Waals surface area contributed by atoms with Crippen molar-refractivity contribution in [2.45, 2.75) is 19.1 Å². The van der Waals surface area contributed by atoms with Gasteiger partial charge >= 0.3 is 6.18 Å². The molecule has 1 aromatic carbocycles. The molecule has 0 amide bonds. The minimum Gasteiger partial charge on any atom is -0.396 e. The molecule has 2 N–H and O–H groups in total. The molecule has 1 heterocycles. The monoisotopic (exact) mass is 286 g/mol. The minimum absolute atomic E-state index is 0.132. The van der Waals surface area contributed by atoms with E-state index in [1.54, 1.807) is 0 Å². The van der Waals surface area contributed by atoms with E-state index in [1.807, 2.05) is 0 Å². The lowest BCUT2D eigenvalue weighted by Gasteiger charge is -2.07. The summed E-state index contributed by atoms with van der Waals surface area (Å²) in [6, 6.07) is 4.64. The van der Waals surface area contributed by atoms with Gasteiger partial charge < -0.3 is 10.2 Å². The van der Waals surface area contributed by atoms with Gasteiger partial charge in [0.2, 0.25) is 0 Å². The van der Waals surface area contributed by atoms with Gasteiger partial charge in [0.05, 0.1) is 12.1 Å². The second kappa shape index (κ2) is 5.54. The molecular formula is C13H13F3N2O2. The number of aromatic amines is 1. The lowest BCUT2D eigenvalue weighted by molar-refractivity contribution is -0.137. The maximum Gasteiger partial charge on any atom is 0.416 e. The van der Waals surface area contributed by atoms with Crippen molar-refractivity contribution in [1.29, 1.82) is 0 Å². The van der Waals surface area contributed by atoms with Crippen LogP contribution in [0.4, 0.5) is 13.2 Å². The van der Waals surface area contributed by atoms with Crippen molar-refractivity contribution in [3.63, 3.8) is 0 Å². The predicted octanol–water partition coefficient (Wildman–Crippen LogP) is 1.78. The predicted molar refractivity (Wildman–Crippen MR) is 66.4 cm³/mol. The summed E-state index contributed by atoms with van der Waals surface area (Å²) in [5.74, 6) is 0. The molecule has 0 aliphatic carbocycles. The van der Waals surface area contributed by atoms with Crippen LogP contribution in [0.2, 0.25) is 0 Å². The highest BCUT2D eigenvalue weighted by molar-refractivity contribution is 5.24. The molecule has 0 aliphatic heterocycles. The fourth-order valence-electron chi connectivity index (χ4n) is 1.85. The van der Waals surface area contributed by atoms with E-state index >= 15 is 0 Å². The number of halogens is 3. The van der Waals surface area contributed by atoms with Gasteiger partial charge in [0, 0.05) is 24.8 Å². The Bertz CT molecular complexity index is 626. The van der Waals surface area contributed by atoms with E-state index in [9.17, 15) is 18.0 Å². The van der Waals surface area contributed by atoms with Crippen molar-refractivity contribution < 1.29 is 18.3 Å². The number of rotatable bonds is 4. The molecule has 0 aliphatic rings. The average molecular weight is 286 g/mol. The highest BCUT2D eigenvalue weighted by Gasteiger charge is 2.29. The van der Waals surface area contributed by atoms with E-state index < -0.39 is 11.7 Å². The van der Waals surface area contributed by atoms with E-state index in [4.69, 9.17) is 5.11 Å². The highest BCUT2D eigenvalue weighted by atomic mass is 19.4. The first-order valence-corrected chi connectivity index (χ1v) is 5.96. The lowest BCUT2D eigenvalue weighted by atomic mass is 10.1. The Morgan fingerprint density at radius 3 is 2.40 bits per heavy atom. The summed E-state index contributed by atoms with van der Waals surface area (Å²) in [5.41, 5.74) is 0.0249. The number of H-pyrrole nitrogens is 1. The van der Waals surface area contributed by atoms with Crippen molar-refractivity contribution in [2.75, 3.05) is 6.61 Å². The fourth-order valence-corrected chi connectivity index (χ4v) is 1.85. The molecule has 0 bridgehead atoms. The number of hydrogen-bond acceptors (Lipinski definition) is 2. The van der Waals surface area contributed by atoms with Crippen LogP contribution < -0.4 is 5.56 Å². The molecule has 7 heteroatoms. The molecule has 108 valence electrons. The molecule has 0 unspecified atom stereocenters. The van der Waals surface area contributed by atoms with Gasteiger partial charge in [0.15, 0.2) is 0 Å². The van der Waals surface area contributed by atoms with Crippen LogP contribution in [0.3, 0.4) is 0 Å². The smallest absolute Gasteiger partial charge is 0.396 e. The van der Waals surface area contributed by atoms with Crippen molar-refractivity contribution in [2.24, 2.45) is 0 Å². The van der Waals surface area contributed by atoms with Crippen LogP contribution in [0.25, 0.3) is 0 Å². The molecule has 20 heavy (non-hydrogen) atoms. The van der Waals surface area contributed by atoms with E-state index in [0.717, 1.165) is 12.1 Å². The number of nitrogens with one attached hydrogen (secondary N) is 1. The lowest BCUT2D eigenvalue weighted by Crippen LogP contribution is -2.20. The maximum absolute atomic E-state index is 12.4. The van der Waals surface area contributed by atoms with Crippen LogP contribution in [0.15, 0.2) is 35.3 Å². The van der Waals surface area contributed by atoms with Gasteiger partial charge in [-0.1, -0.05) is 12.1 Å².